The fraction of sp³-hybridized carbons (Fsp3) is 0.308. The van der Waals surface area contributed by atoms with Crippen LogP contribution in [-0.2, 0) is 15.4 Å². The van der Waals surface area contributed by atoms with Gasteiger partial charge >= 0.3 is 0 Å². The molecule has 0 radical (unpaired) electrons. The number of halogens is 2. The van der Waals surface area contributed by atoms with E-state index >= 15 is 0 Å². The largest absolute Gasteiger partial charge is 0.264 e. The van der Waals surface area contributed by atoms with Crippen molar-refractivity contribution < 1.29 is 8.42 Å². The number of thiazole rings is 1. The predicted octanol–water partition coefficient (Wildman–Crippen LogP) is 4.77. The van der Waals surface area contributed by atoms with Crippen molar-refractivity contribution in [1.82, 2.24) is 4.98 Å². The summed E-state index contributed by atoms with van der Waals surface area (Å²) < 4.78 is 28.6. The lowest BCUT2D eigenvalue weighted by molar-refractivity contribution is 0.573. The zero-order valence-electron chi connectivity index (χ0n) is 11.6. The summed E-state index contributed by atoms with van der Waals surface area (Å²) in [5.74, 6) is 0. The highest BCUT2D eigenvalue weighted by molar-refractivity contribution is 9.11. The molecule has 0 bridgehead atoms. The molecule has 0 atom stereocenters. The van der Waals surface area contributed by atoms with E-state index in [0.29, 0.717) is 14.1 Å². The predicted molar refractivity (Wildman–Crippen MR) is 93.5 cm³/mol. The first-order chi connectivity index (χ1) is 9.59. The van der Waals surface area contributed by atoms with Gasteiger partial charge in [0, 0.05) is 19.7 Å². The third kappa shape index (κ3) is 4.06. The number of hydrogen-bond acceptors (Lipinski definition) is 4. The van der Waals surface area contributed by atoms with E-state index in [-0.39, 0.29) is 10.3 Å². The van der Waals surface area contributed by atoms with Gasteiger partial charge in [0.05, 0.1) is 5.69 Å². The molecule has 0 saturated heterocycles. The maximum atomic E-state index is 12.4. The summed E-state index contributed by atoms with van der Waals surface area (Å²) in [7, 11) is -3.68. The van der Waals surface area contributed by atoms with E-state index in [1.165, 1.54) is 11.3 Å². The first-order valence-corrected chi connectivity index (χ1v) is 9.98. The number of anilines is 1. The van der Waals surface area contributed by atoms with E-state index in [9.17, 15) is 8.42 Å². The number of aromatic nitrogens is 1. The minimum atomic E-state index is -3.68. The summed E-state index contributed by atoms with van der Waals surface area (Å²) in [6, 6.07) is 5.00. The van der Waals surface area contributed by atoms with Gasteiger partial charge < -0.3 is 0 Å². The Labute approximate surface area is 145 Å². The average molecular weight is 454 g/mol. The molecule has 2 aromatic rings. The summed E-state index contributed by atoms with van der Waals surface area (Å²) in [5.41, 5.74) is 0.745. The Morgan fingerprint density at radius 3 is 2.48 bits per heavy atom. The normalized spacial score (nSPS) is 12.4. The van der Waals surface area contributed by atoms with E-state index in [2.05, 4.69) is 41.6 Å². The maximum absolute atomic E-state index is 12.4. The highest BCUT2D eigenvalue weighted by atomic mass is 79.9. The lowest BCUT2D eigenvalue weighted by atomic mass is 9.93. The highest BCUT2D eigenvalue weighted by Gasteiger charge is 2.22. The van der Waals surface area contributed by atoms with Crippen molar-refractivity contribution in [3.05, 3.63) is 38.2 Å². The third-order valence-electron chi connectivity index (χ3n) is 2.68. The van der Waals surface area contributed by atoms with Crippen LogP contribution in [0.2, 0.25) is 0 Å². The summed E-state index contributed by atoms with van der Waals surface area (Å²) in [5, 5.41) is 2.24. The van der Waals surface area contributed by atoms with Gasteiger partial charge in [-0.05, 0) is 34.1 Å². The average Bonchev–Trinajstić information content (AvgIpc) is 2.79. The molecule has 8 heteroatoms. The molecule has 21 heavy (non-hydrogen) atoms. The number of nitrogens with one attached hydrogen (secondary N) is 1. The molecule has 1 N–H and O–H groups in total. The van der Waals surface area contributed by atoms with Crippen LogP contribution >= 0.6 is 43.2 Å². The van der Waals surface area contributed by atoms with Crippen molar-refractivity contribution in [2.75, 3.05) is 4.72 Å². The molecule has 0 unspecified atom stereocenters. The number of rotatable bonds is 3. The smallest absolute Gasteiger partial charge is 0.255 e. The third-order valence-corrected chi connectivity index (χ3v) is 6.39. The van der Waals surface area contributed by atoms with Gasteiger partial charge in [-0.2, -0.15) is 0 Å². The van der Waals surface area contributed by atoms with Gasteiger partial charge in [0.2, 0.25) is 0 Å². The molecule has 1 aromatic heterocycles. The second-order valence-electron chi connectivity index (χ2n) is 5.47. The molecule has 0 spiro atoms. The van der Waals surface area contributed by atoms with Crippen molar-refractivity contribution in [1.29, 1.82) is 0 Å². The zero-order valence-corrected chi connectivity index (χ0v) is 16.5. The lowest BCUT2D eigenvalue weighted by Gasteiger charge is -2.14. The Balaban J connectivity index is 2.34. The standard InChI is InChI=1S/C13H14Br2N2O2S2/c1-13(2,3)11-7-20-12(16-11)17-21(18,19)10-6-8(14)4-5-9(10)15/h4-7H,1-3H3,(H,16,17). The Morgan fingerprint density at radius 2 is 1.90 bits per heavy atom. The monoisotopic (exact) mass is 452 g/mol. The van der Waals surface area contributed by atoms with Gasteiger partial charge in [0.15, 0.2) is 5.13 Å². The molecule has 1 heterocycles. The van der Waals surface area contributed by atoms with E-state index in [1.54, 1.807) is 18.2 Å². The van der Waals surface area contributed by atoms with E-state index < -0.39 is 10.0 Å². The van der Waals surface area contributed by atoms with Crippen molar-refractivity contribution in [2.45, 2.75) is 31.1 Å². The maximum Gasteiger partial charge on any atom is 0.264 e. The van der Waals surface area contributed by atoms with Gasteiger partial charge in [0.25, 0.3) is 10.0 Å². The number of benzene rings is 1. The summed E-state index contributed by atoms with van der Waals surface area (Å²) in [6.07, 6.45) is 0. The van der Waals surface area contributed by atoms with Crippen LogP contribution in [-0.4, -0.2) is 13.4 Å². The van der Waals surface area contributed by atoms with Crippen molar-refractivity contribution in [3.8, 4) is 0 Å². The fourth-order valence-corrected chi connectivity index (χ4v) is 5.21. The van der Waals surface area contributed by atoms with Crippen molar-refractivity contribution in [3.63, 3.8) is 0 Å². The number of nitrogens with zero attached hydrogens (tertiary/aromatic N) is 1. The zero-order chi connectivity index (χ0) is 15.8. The van der Waals surface area contributed by atoms with Crippen LogP contribution in [0.1, 0.15) is 26.5 Å². The van der Waals surface area contributed by atoms with Crippen LogP contribution in [0.4, 0.5) is 5.13 Å². The van der Waals surface area contributed by atoms with Gasteiger partial charge in [-0.3, -0.25) is 4.72 Å². The van der Waals surface area contributed by atoms with Crippen LogP contribution < -0.4 is 4.72 Å². The molecule has 0 aliphatic heterocycles. The topological polar surface area (TPSA) is 59.1 Å². The number of hydrogen-bond donors (Lipinski definition) is 1. The molecule has 0 aliphatic rings. The molecule has 2 rings (SSSR count). The Kier molecular flexibility index (Phi) is 4.82. The minimum absolute atomic E-state index is 0.115. The molecular formula is C13H14Br2N2O2S2. The van der Waals surface area contributed by atoms with Gasteiger partial charge in [-0.1, -0.05) is 36.7 Å². The molecule has 4 nitrogen and oxygen atoms in total. The Bertz CT molecular complexity index is 765. The second-order valence-corrected chi connectivity index (χ2v) is 9.75. The molecule has 0 saturated carbocycles. The highest BCUT2D eigenvalue weighted by Crippen LogP contribution is 2.30. The molecule has 1 aromatic carbocycles. The molecule has 114 valence electrons. The quantitative estimate of drug-likeness (QED) is 0.728. The van der Waals surface area contributed by atoms with E-state index in [0.717, 1.165) is 5.69 Å². The van der Waals surface area contributed by atoms with Crippen LogP contribution in [0.3, 0.4) is 0 Å². The van der Waals surface area contributed by atoms with Crippen LogP contribution in [0.25, 0.3) is 0 Å². The van der Waals surface area contributed by atoms with E-state index in [4.69, 9.17) is 0 Å². The summed E-state index contributed by atoms with van der Waals surface area (Å²) in [4.78, 5) is 4.52. The Hall–Kier alpha value is -0.440. The van der Waals surface area contributed by atoms with Crippen LogP contribution in [0, 0.1) is 0 Å². The molecular weight excluding hydrogens is 440 g/mol. The summed E-state index contributed by atoms with van der Waals surface area (Å²) >= 11 is 7.82. The van der Waals surface area contributed by atoms with Crippen molar-refractivity contribution in [2.24, 2.45) is 0 Å². The van der Waals surface area contributed by atoms with Gasteiger partial charge in [-0.25, -0.2) is 13.4 Å². The van der Waals surface area contributed by atoms with E-state index in [1.807, 2.05) is 26.2 Å². The fourth-order valence-electron chi connectivity index (χ4n) is 1.52. The van der Waals surface area contributed by atoms with Gasteiger partial charge in [-0.15, -0.1) is 11.3 Å². The lowest BCUT2D eigenvalue weighted by Crippen LogP contribution is -2.15. The first-order valence-electron chi connectivity index (χ1n) is 6.03. The molecule has 0 fully saturated rings. The second kappa shape index (κ2) is 5.98. The number of sulfonamides is 1. The minimum Gasteiger partial charge on any atom is -0.255 e. The molecule has 0 aliphatic carbocycles. The summed E-state index contributed by atoms with van der Waals surface area (Å²) in [6.45, 7) is 6.10. The Morgan fingerprint density at radius 1 is 1.24 bits per heavy atom. The van der Waals surface area contributed by atoms with Gasteiger partial charge in [0.1, 0.15) is 4.90 Å². The van der Waals surface area contributed by atoms with Crippen molar-refractivity contribution >= 4 is 58.4 Å². The van der Waals surface area contributed by atoms with Crippen LogP contribution in [0.5, 0.6) is 0 Å². The molecule has 0 amide bonds. The SMILES string of the molecule is CC(C)(C)c1csc(NS(=O)(=O)c2cc(Br)ccc2Br)n1. The van der Waals surface area contributed by atoms with Crippen LogP contribution in [0.15, 0.2) is 37.4 Å². The first kappa shape index (κ1) is 16.9.